The molecule has 13 heavy (non-hydrogen) atoms. The van der Waals surface area contributed by atoms with Crippen LogP contribution < -0.4 is 5.73 Å². The van der Waals surface area contributed by atoms with Crippen molar-refractivity contribution in [2.24, 2.45) is 5.73 Å². The van der Waals surface area contributed by atoms with Crippen LogP contribution in [0.1, 0.15) is 18.5 Å². The third-order valence-electron chi connectivity index (χ3n) is 2.66. The summed E-state index contributed by atoms with van der Waals surface area (Å²) in [4.78, 5) is 0. The summed E-state index contributed by atoms with van der Waals surface area (Å²) in [6.45, 7) is 0.241. The fourth-order valence-electron chi connectivity index (χ4n) is 1.93. The Balaban J connectivity index is 2.21. The van der Waals surface area contributed by atoms with E-state index in [0.717, 1.165) is 5.69 Å². The van der Waals surface area contributed by atoms with Crippen LogP contribution in [0.3, 0.4) is 0 Å². The Morgan fingerprint density at radius 3 is 2.62 bits per heavy atom. The first-order valence-electron chi connectivity index (χ1n) is 4.16. The molecule has 0 aromatic carbocycles. The second-order valence-electron chi connectivity index (χ2n) is 3.66. The van der Waals surface area contributed by atoms with Gasteiger partial charge in [0.25, 0.3) is 0 Å². The molecule has 1 aromatic heterocycles. The number of alkyl halides is 2. The summed E-state index contributed by atoms with van der Waals surface area (Å²) in [5, 5.41) is 6.45. The normalized spacial score (nSPS) is 23.9. The second-order valence-corrected chi connectivity index (χ2v) is 3.66. The molecule has 1 fully saturated rings. The molecular weight excluding hydrogens is 176 g/mol. The molecule has 0 unspecified atom stereocenters. The lowest BCUT2D eigenvalue weighted by molar-refractivity contribution is -0.125. The zero-order valence-electron chi connectivity index (χ0n) is 7.06. The van der Waals surface area contributed by atoms with Crippen LogP contribution in [0.15, 0.2) is 12.3 Å². The molecule has 2 rings (SSSR count). The van der Waals surface area contributed by atoms with E-state index in [4.69, 9.17) is 5.73 Å². The third-order valence-corrected chi connectivity index (χ3v) is 2.66. The number of hydrogen-bond donors (Lipinski definition) is 2. The van der Waals surface area contributed by atoms with E-state index in [1.807, 2.05) is 0 Å². The smallest absolute Gasteiger partial charge is 0.250 e. The van der Waals surface area contributed by atoms with Crippen LogP contribution in [-0.4, -0.2) is 22.7 Å². The maximum atomic E-state index is 12.7. The van der Waals surface area contributed by atoms with Crippen molar-refractivity contribution in [1.29, 1.82) is 0 Å². The fraction of sp³-hybridized carbons (Fsp3) is 0.625. The molecule has 1 saturated carbocycles. The number of rotatable bonds is 2. The number of nitrogens with zero attached hydrogens (tertiary/aromatic N) is 1. The van der Waals surface area contributed by atoms with Crippen LogP contribution in [0.25, 0.3) is 0 Å². The van der Waals surface area contributed by atoms with Gasteiger partial charge in [0.05, 0.1) is 0 Å². The van der Waals surface area contributed by atoms with Crippen molar-refractivity contribution in [2.45, 2.75) is 24.2 Å². The van der Waals surface area contributed by atoms with E-state index < -0.39 is 11.3 Å². The molecule has 72 valence electrons. The summed E-state index contributed by atoms with van der Waals surface area (Å²) in [6, 6.07) is 1.71. The molecule has 0 spiro atoms. The Kier molecular flexibility index (Phi) is 1.66. The number of hydrogen-bond acceptors (Lipinski definition) is 2. The molecule has 3 nitrogen and oxygen atoms in total. The molecule has 3 N–H and O–H groups in total. The Hall–Kier alpha value is -0.970. The van der Waals surface area contributed by atoms with Crippen LogP contribution in [0.2, 0.25) is 0 Å². The maximum absolute atomic E-state index is 12.7. The summed E-state index contributed by atoms with van der Waals surface area (Å²) in [7, 11) is 0. The van der Waals surface area contributed by atoms with E-state index in [1.54, 1.807) is 12.3 Å². The van der Waals surface area contributed by atoms with Gasteiger partial charge in [-0.15, -0.1) is 0 Å². The molecule has 0 bridgehead atoms. The molecular formula is C8H11F2N3. The predicted molar refractivity (Wildman–Crippen MR) is 43.5 cm³/mol. The molecule has 0 radical (unpaired) electrons. The Morgan fingerprint density at radius 2 is 2.23 bits per heavy atom. The number of aromatic nitrogens is 2. The highest BCUT2D eigenvalue weighted by Crippen LogP contribution is 2.52. The van der Waals surface area contributed by atoms with Crippen LogP contribution in [0, 0.1) is 0 Å². The number of aromatic amines is 1. The lowest BCUT2D eigenvalue weighted by Gasteiger charge is -2.45. The van der Waals surface area contributed by atoms with Crippen molar-refractivity contribution in [3.8, 4) is 0 Å². The maximum Gasteiger partial charge on any atom is 0.250 e. The van der Waals surface area contributed by atoms with Gasteiger partial charge in [-0.3, -0.25) is 5.10 Å². The molecule has 1 aromatic rings. The van der Waals surface area contributed by atoms with Crippen molar-refractivity contribution >= 4 is 0 Å². The van der Waals surface area contributed by atoms with Gasteiger partial charge < -0.3 is 5.73 Å². The minimum atomic E-state index is -2.55. The van der Waals surface area contributed by atoms with E-state index in [0.29, 0.717) is 0 Å². The number of halogens is 2. The van der Waals surface area contributed by atoms with Gasteiger partial charge in [-0.05, 0) is 6.07 Å². The minimum absolute atomic E-state index is 0.168. The summed E-state index contributed by atoms with van der Waals surface area (Å²) in [5.41, 5.74) is 5.65. The van der Waals surface area contributed by atoms with Gasteiger partial charge in [0.1, 0.15) is 0 Å². The van der Waals surface area contributed by atoms with E-state index in [1.165, 1.54) is 0 Å². The first-order valence-corrected chi connectivity index (χ1v) is 4.16. The molecule has 0 aliphatic heterocycles. The highest BCUT2D eigenvalue weighted by Gasteiger charge is 2.57. The first-order chi connectivity index (χ1) is 6.08. The summed E-state index contributed by atoms with van der Waals surface area (Å²) < 4.78 is 25.4. The quantitative estimate of drug-likeness (QED) is 0.726. The zero-order chi connectivity index (χ0) is 9.53. The Bertz CT molecular complexity index is 286. The lowest BCUT2D eigenvalue weighted by atomic mass is 9.64. The molecule has 5 heteroatoms. The van der Waals surface area contributed by atoms with Crippen LogP contribution in [0.5, 0.6) is 0 Å². The highest BCUT2D eigenvalue weighted by molar-refractivity contribution is 5.23. The van der Waals surface area contributed by atoms with Crippen molar-refractivity contribution in [3.05, 3.63) is 18.0 Å². The number of nitrogens with one attached hydrogen (secondary N) is 1. The minimum Gasteiger partial charge on any atom is -0.330 e. The van der Waals surface area contributed by atoms with Gasteiger partial charge in [0.15, 0.2) is 0 Å². The average molecular weight is 187 g/mol. The first kappa shape index (κ1) is 8.62. The zero-order valence-corrected chi connectivity index (χ0v) is 7.06. The van der Waals surface area contributed by atoms with Crippen molar-refractivity contribution in [1.82, 2.24) is 10.2 Å². The molecule has 1 aliphatic carbocycles. The largest absolute Gasteiger partial charge is 0.330 e. The van der Waals surface area contributed by atoms with Gasteiger partial charge in [0, 0.05) is 36.7 Å². The Morgan fingerprint density at radius 1 is 1.54 bits per heavy atom. The third kappa shape index (κ3) is 1.23. The molecule has 0 amide bonds. The van der Waals surface area contributed by atoms with Crippen LogP contribution in [0.4, 0.5) is 8.78 Å². The van der Waals surface area contributed by atoms with Gasteiger partial charge in [-0.1, -0.05) is 0 Å². The topological polar surface area (TPSA) is 54.7 Å². The van der Waals surface area contributed by atoms with Gasteiger partial charge in [0.2, 0.25) is 5.92 Å². The average Bonchev–Trinajstić information content (AvgIpc) is 2.51. The molecule has 0 saturated heterocycles. The van der Waals surface area contributed by atoms with Crippen LogP contribution in [-0.2, 0) is 5.41 Å². The highest BCUT2D eigenvalue weighted by atomic mass is 19.3. The number of H-pyrrole nitrogens is 1. The van der Waals surface area contributed by atoms with Crippen molar-refractivity contribution in [3.63, 3.8) is 0 Å². The fourth-order valence-corrected chi connectivity index (χ4v) is 1.93. The van der Waals surface area contributed by atoms with Crippen molar-refractivity contribution < 1.29 is 8.78 Å². The van der Waals surface area contributed by atoms with E-state index in [-0.39, 0.29) is 19.4 Å². The number of nitrogens with two attached hydrogens (primary N) is 1. The summed E-state index contributed by atoms with van der Waals surface area (Å²) in [6.07, 6.45) is 1.22. The molecule has 1 aliphatic rings. The van der Waals surface area contributed by atoms with Gasteiger partial charge in [-0.25, -0.2) is 8.78 Å². The van der Waals surface area contributed by atoms with E-state index in [2.05, 4.69) is 10.2 Å². The van der Waals surface area contributed by atoms with Crippen molar-refractivity contribution in [2.75, 3.05) is 6.54 Å². The second kappa shape index (κ2) is 2.51. The summed E-state index contributed by atoms with van der Waals surface area (Å²) >= 11 is 0. The Labute approximate surface area is 74.3 Å². The van der Waals surface area contributed by atoms with E-state index in [9.17, 15) is 8.78 Å². The summed E-state index contributed by atoms with van der Waals surface area (Å²) in [5.74, 6) is -2.55. The lowest BCUT2D eigenvalue weighted by Crippen LogP contribution is -2.53. The SMILES string of the molecule is NCC1(c2ccn[nH]2)CC(F)(F)C1. The van der Waals surface area contributed by atoms with E-state index >= 15 is 0 Å². The van der Waals surface area contributed by atoms with Gasteiger partial charge >= 0.3 is 0 Å². The monoisotopic (exact) mass is 187 g/mol. The molecule has 0 atom stereocenters. The molecule has 1 heterocycles. The predicted octanol–water partition coefficient (Wildman–Crippen LogP) is 1.04. The van der Waals surface area contributed by atoms with Gasteiger partial charge in [-0.2, -0.15) is 5.10 Å². The standard InChI is InChI=1S/C8H11F2N3/c9-8(10)3-7(4-8,5-11)6-1-2-12-13-6/h1-2H,3-5,11H2,(H,12,13). The van der Waals surface area contributed by atoms with Crippen LogP contribution >= 0.6 is 0 Å².